The van der Waals surface area contributed by atoms with Gasteiger partial charge in [0.15, 0.2) is 0 Å². The van der Waals surface area contributed by atoms with Crippen LogP contribution in [0.4, 0.5) is 5.82 Å². The third-order valence-electron chi connectivity index (χ3n) is 2.66. The number of anilines is 1. The Kier molecular flexibility index (Phi) is 4.68. The SMILES string of the molecule is CN(Cc1cccnc1)Cc1nc(NN)ccc1Cl. The summed E-state index contributed by atoms with van der Waals surface area (Å²) in [4.78, 5) is 10.6. The van der Waals surface area contributed by atoms with Gasteiger partial charge in [0.05, 0.1) is 10.7 Å². The van der Waals surface area contributed by atoms with Gasteiger partial charge in [0, 0.05) is 25.5 Å². The van der Waals surface area contributed by atoms with Crippen LogP contribution in [0.25, 0.3) is 0 Å². The number of hydrogen-bond donors (Lipinski definition) is 2. The van der Waals surface area contributed by atoms with E-state index in [1.807, 2.05) is 25.4 Å². The highest BCUT2D eigenvalue weighted by molar-refractivity contribution is 6.31. The number of hydrogen-bond acceptors (Lipinski definition) is 5. The lowest BCUT2D eigenvalue weighted by Crippen LogP contribution is -2.19. The first-order valence-corrected chi connectivity index (χ1v) is 6.26. The van der Waals surface area contributed by atoms with Crippen LogP contribution in [-0.2, 0) is 13.1 Å². The standard InChI is InChI=1S/C13H16ClN5/c1-19(8-10-3-2-6-16-7-10)9-12-11(14)4-5-13(17-12)18-15/h2-7H,8-9,15H2,1H3,(H,17,18). The first-order chi connectivity index (χ1) is 9.19. The molecule has 3 N–H and O–H groups in total. The molecule has 19 heavy (non-hydrogen) atoms. The molecular formula is C13H16ClN5. The minimum atomic E-state index is 0.606. The molecule has 0 amide bonds. The number of nitrogens with two attached hydrogens (primary N) is 1. The first-order valence-electron chi connectivity index (χ1n) is 5.88. The van der Waals surface area contributed by atoms with Crippen molar-refractivity contribution in [3.8, 4) is 0 Å². The zero-order valence-corrected chi connectivity index (χ0v) is 11.4. The Bertz CT molecular complexity index is 532. The van der Waals surface area contributed by atoms with Crippen LogP contribution in [0.15, 0.2) is 36.7 Å². The molecule has 6 heteroatoms. The Balaban J connectivity index is 2.04. The molecular weight excluding hydrogens is 262 g/mol. The molecule has 0 atom stereocenters. The molecule has 0 spiro atoms. The number of hydrazine groups is 1. The summed E-state index contributed by atoms with van der Waals surface area (Å²) in [5, 5.41) is 0.636. The first kappa shape index (κ1) is 13.7. The maximum absolute atomic E-state index is 6.13. The van der Waals surface area contributed by atoms with Gasteiger partial charge in [-0.3, -0.25) is 9.88 Å². The quantitative estimate of drug-likeness (QED) is 0.647. The van der Waals surface area contributed by atoms with Crippen LogP contribution in [-0.4, -0.2) is 21.9 Å². The molecule has 0 bridgehead atoms. The normalized spacial score (nSPS) is 10.7. The van der Waals surface area contributed by atoms with Crippen molar-refractivity contribution in [3.63, 3.8) is 0 Å². The molecule has 0 aliphatic carbocycles. The van der Waals surface area contributed by atoms with E-state index in [4.69, 9.17) is 17.4 Å². The highest BCUT2D eigenvalue weighted by Gasteiger charge is 2.08. The van der Waals surface area contributed by atoms with Crippen LogP contribution in [0.1, 0.15) is 11.3 Å². The third-order valence-corrected chi connectivity index (χ3v) is 3.01. The lowest BCUT2D eigenvalue weighted by Gasteiger charge is -2.17. The predicted molar refractivity (Wildman–Crippen MR) is 76.5 cm³/mol. The number of nitrogens with one attached hydrogen (secondary N) is 1. The van der Waals surface area contributed by atoms with Crippen molar-refractivity contribution in [3.05, 3.63) is 52.9 Å². The minimum Gasteiger partial charge on any atom is -0.308 e. The van der Waals surface area contributed by atoms with E-state index in [1.165, 1.54) is 0 Å². The lowest BCUT2D eigenvalue weighted by molar-refractivity contribution is 0.315. The molecule has 0 saturated carbocycles. The largest absolute Gasteiger partial charge is 0.308 e. The van der Waals surface area contributed by atoms with Crippen molar-refractivity contribution in [2.24, 2.45) is 5.84 Å². The summed E-state index contributed by atoms with van der Waals surface area (Å²) in [6.07, 6.45) is 3.61. The number of halogens is 1. The molecule has 100 valence electrons. The Morgan fingerprint density at radius 1 is 1.32 bits per heavy atom. The fourth-order valence-electron chi connectivity index (χ4n) is 1.79. The van der Waals surface area contributed by atoms with Gasteiger partial charge < -0.3 is 5.43 Å². The molecule has 0 aliphatic rings. The number of nitrogens with zero attached hydrogens (tertiary/aromatic N) is 3. The second kappa shape index (κ2) is 6.47. The van der Waals surface area contributed by atoms with Gasteiger partial charge in [-0.1, -0.05) is 17.7 Å². The van der Waals surface area contributed by atoms with E-state index >= 15 is 0 Å². The average Bonchev–Trinajstić information content (AvgIpc) is 2.42. The van der Waals surface area contributed by atoms with Crippen LogP contribution in [0.3, 0.4) is 0 Å². The monoisotopic (exact) mass is 277 g/mol. The molecule has 0 saturated heterocycles. The van der Waals surface area contributed by atoms with Gasteiger partial charge in [-0.05, 0) is 30.8 Å². The van der Waals surface area contributed by atoms with Crippen molar-refractivity contribution >= 4 is 17.4 Å². The second-order valence-electron chi connectivity index (χ2n) is 4.30. The van der Waals surface area contributed by atoms with E-state index in [1.54, 1.807) is 18.3 Å². The molecule has 2 rings (SSSR count). The van der Waals surface area contributed by atoms with E-state index < -0.39 is 0 Å². The van der Waals surface area contributed by atoms with Crippen LogP contribution < -0.4 is 11.3 Å². The van der Waals surface area contributed by atoms with Gasteiger partial charge in [0.1, 0.15) is 5.82 Å². The van der Waals surface area contributed by atoms with Gasteiger partial charge in [-0.25, -0.2) is 10.8 Å². The highest BCUT2D eigenvalue weighted by atomic mass is 35.5. The van der Waals surface area contributed by atoms with Crippen molar-refractivity contribution in [2.45, 2.75) is 13.1 Å². The molecule has 2 heterocycles. The molecule has 0 aromatic carbocycles. The predicted octanol–water partition coefficient (Wildman–Crippen LogP) is 2.05. The molecule has 0 aliphatic heterocycles. The maximum Gasteiger partial charge on any atom is 0.140 e. The van der Waals surface area contributed by atoms with E-state index in [0.717, 1.165) is 17.8 Å². The van der Waals surface area contributed by atoms with E-state index in [-0.39, 0.29) is 0 Å². The van der Waals surface area contributed by atoms with Gasteiger partial charge in [0.25, 0.3) is 0 Å². The highest BCUT2D eigenvalue weighted by Crippen LogP contribution is 2.18. The maximum atomic E-state index is 6.13. The summed E-state index contributed by atoms with van der Waals surface area (Å²) in [6, 6.07) is 7.49. The molecule has 0 fully saturated rings. The Morgan fingerprint density at radius 3 is 2.84 bits per heavy atom. The Labute approximate surface area is 117 Å². The fourth-order valence-corrected chi connectivity index (χ4v) is 1.96. The van der Waals surface area contributed by atoms with Gasteiger partial charge in [-0.2, -0.15) is 0 Å². The fraction of sp³-hybridized carbons (Fsp3) is 0.231. The smallest absolute Gasteiger partial charge is 0.140 e. The summed E-state index contributed by atoms with van der Waals surface area (Å²) in [5.74, 6) is 5.95. The minimum absolute atomic E-state index is 0.606. The molecule has 5 nitrogen and oxygen atoms in total. The van der Waals surface area contributed by atoms with Gasteiger partial charge in [0.2, 0.25) is 0 Å². The second-order valence-corrected chi connectivity index (χ2v) is 4.71. The van der Waals surface area contributed by atoms with E-state index in [9.17, 15) is 0 Å². The number of rotatable bonds is 5. The van der Waals surface area contributed by atoms with Crippen LogP contribution in [0, 0.1) is 0 Å². The topological polar surface area (TPSA) is 67.1 Å². The summed E-state index contributed by atoms with van der Waals surface area (Å²) in [5.41, 5.74) is 4.46. The molecule has 2 aromatic rings. The van der Waals surface area contributed by atoms with E-state index in [2.05, 4.69) is 20.3 Å². The van der Waals surface area contributed by atoms with Crippen molar-refractivity contribution in [2.75, 3.05) is 12.5 Å². The zero-order chi connectivity index (χ0) is 13.7. The summed E-state index contributed by atoms with van der Waals surface area (Å²) in [6.45, 7) is 1.43. The molecule has 0 unspecified atom stereocenters. The average molecular weight is 278 g/mol. The number of nitrogen functional groups attached to an aromatic ring is 1. The molecule has 0 radical (unpaired) electrons. The summed E-state index contributed by atoms with van der Waals surface area (Å²) in [7, 11) is 2.01. The Hall–Kier alpha value is -1.69. The van der Waals surface area contributed by atoms with Gasteiger partial charge in [-0.15, -0.1) is 0 Å². The van der Waals surface area contributed by atoms with Crippen LogP contribution in [0.5, 0.6) is 0 Å². The van der Waals surface area contributed by atoms with Crippen molar-refractivity contribution in [1.82, 2.24) is 14.9 Å². The van der Waals surface area contributed by atoms with Crippen molar-refractivity contribution in [1.29, 1.82) is 0 Å². The molecule has 2 aromatic heterocycles. The van der Waals surface area contributed by atoms with Crippen LogP contribution >= 0.6 is 11.6 Å². The summed E-state index contributed by atoms with van der Waals surface area (Å²) >= 11 is 6.13. The van der Waals surface area contributed by atoms with Crippen LogP contribution in [0.2, 0.25) is 5.02 Å². The van der Waals surface area contributed by atoms with Crippen molar-refractivity contribution < 1.29 is 0 Å². The number of aromatic nitrogens is 2. The third kappa shape index (κ3) is 3.89. The summed E-state index contributed by atoms with van der Waals surface area (Å²) < 4.78 is 0. The Morgan fingerprint density at radius 2 is 2.16 bits per heavy atom. The zero-order valence-electron chi connectivity index (χ0n) is 10.7. The number of pyridine rings is 2. The van der Waals surface area contributed by atoms with E-state index in [0.29, 0.717) is 17.4 Å². The lowest BCUT2D eigenvalue weighted by atomic mass is 10.2. The van der Waals surface area contributed by atoms with Gasteiger partial charge >= 0.3 is 0 Å².